The summed E-state index contributed by atoms with van der Waals surface area (Å²) in [6.45, 7) is 6.46. The number of amides is 4. The predicted molar refractivity (Wildman–Crippen MR) is 126 cm³/mol. The van der Waals surface area contributed by atoms with Gasteiger partial charge in [0.15, 0.2) is 11.5 Å². The minimum atomic E-state index is -0.833. The van der Waals surface area contributed by atoms with E-state index in [9.17, 15) is 14.4 Å². The Labute approximate surface area is 199 Å². The highest BCUT2D eigenvalue weighted by Gasteiger charge is 2.37. The number of carbonyl (C=O) groups is 3. The molecule has 3 rings (SSSR count). The van der Waals surface area contributed by atoms with Crippen molar-refractivity contribution >= 4 is 57.1 Å². The second kappa shape index (κ2) is 10.2. The zero-order chi connectivity index (χ0) is 23.4. The fourth-order valence-electron chi connectivity index (χ4n) is 3.12. The molecule has 1 fully saturated rings. The van der Waals surface area contributed by atoms with Crippen molar-refractivity contribution in [3.8, 4) is 11.5 Å². The summed E-state index contributed by atoms with van der Waals surface area (Å²) in [5.41, 5.74) is 1.17. The molecule has 0 atom stereocenters. The molecule has 0 unspecified atom stereocenters. The Bertz CT molecular complexity index is 1120. The molecule has 0 bridgehead atoms. The number of benzene rings is 2. The van der Waals surface area contributed by atoms with E-state index in [0.717, 1.165) is 11.3 Å². The van der Waals surface area contributed by atoms with Crippen molar-refractivity contribution in [2.24, 2.45) is 0 Å². The summed E-state index contributed by atoms with van der Waals surface area (Å²) in [6, 6.07) is 7.45. The second-order valence-electron chi connectivity index (χ2n) is 6.94. The monoisotopic (exact) mass is 520 g/mol. The number of ether oxygens (including phenoxy) is 2. The first kappa shape index (κ1) is 23.8. The van der Waals surface area contributed by atoms with Gasteiger partial charge in [0, 0.05) is 9.50 Å². The Balaban J connectivity index is 2.05. The van der Waals surface area contributed by atoms with Gasteiger partial charge in [0.05, 0.1) is 18.9 Å². The molecule has 0 saturated carbocycles. The second-order valence-corrected chi connectivity index (χ2v) is 8.21. The Kier molecular flexibility index (Phi) is 7.58. The van der Waals surface area contributed by atoms with Gasteiger partial charge in [-0.15, -0.1) is 0 Å². The molecular formula is C23H22BrClN2O5. The molecule has 7 nitrogen and oxygen atoms in total. The van der Waals surface area contributed by atoms with Crippen LogP contribution in [0, 0.1) is 6.92 Å². The number of rotatable bonds is 7. The highest BCUT2D eigenvalue weighted by Crippen LogP contribution is 2.36. The fraction of sp³-hybridized carbons (Fsp3) is 0.261. The van der Waals surface area contributed by atoms with Crippen LogP contribution in [0.2, 0.25) is 5.02 Å². The third kappa shape index (κ3) is 4.81. The number of imide groups is 2. The summed E-state index contributed by atoms with van der Waals surface area (Å²) in [5, 5.41) is 2.62. The summed E-state index contributed by atoms with van der Waals surface area (Å²) < 4.78 is 12.0. The summed E-state index contributed by atoms with van der Waals surface area (Å²) in [6.07, 6.45) is 2.24. The third-order valence-corrected chi connectivity index (χ3v) is 5.80. The number of barbiturate groups is 1. The van der Waals surface area contributed by atoms with Gasteiger partial charge in [-0.3, -0.25) is 14.9 Å². The lowest BCUT2D eigenvalue weighted by atomic mass is 10.1. The quantitative estimate of drug-likeness (QED) is 0.397. The Hall–Kier alpha value is -2.84. The first-order chi connectivity index (χ1) is 15.3. The SMILES string of the molecule is CCCOc1cc(Br)c(/C=C2/C(=O)NC(=O)N(c3cccc(Cl)c3C)C2=O)cc1OCC. The molecule has 168 valence electrons. The molecule has 2 aromatic rings. The van der Waals surface area contributed by atoms with E-state index in [4.69, 9.17) is 21.1 Å². The van der Waals surface area contributed by atoms with Crippen LogP contribution in [0.25, 0.3) is 6.08 Å². The molecule has 32 heavy (non-hydrogen) atoms. The summed E-state index contributed by atoms with van der Waals surface area (Å²) >= 11 is 9.62. The van der Waals surface area contributed by atoms with E-state index in [1.165, 1.54) is 6.08 Å². The maximum atomic E-state index is 13.2. The molecule has 1 saturated heterocycles. The van der Waals surface area contributed by atoms with Crippen molar-refractivity contribution in [2.45, 2.75) is 27.2 Å². The van der Waals surface area contributed by atoms with Gasteiger partial charge in [-0.1, -0.05) is 40.5 Å². The number of nitrogens with zero attached hydrogens (tertiary/aromatic N) is 1. The standard InChI is InChI=1S/C23H22BrClN2O5/c1-4-9-32-20-12-16(24)14(11-19(20)31-5-2)10-15-21(28)26-23(30)27(22(15)29)18-8-6-7-17(25)13(18)3/h6-8,10-12H,4-5,9H2,1-3H3,(H,26,28,30)/b15-10-. The minimum absolute atomic E-state index is 0.200. The van der Waals surface area contributed by atoms with Gasteiger partial charge < -0.3 is 9.47 Å². The lowest BCUT2D eigenvalue weighted by Gasteiger charge is -2.27. The van der Waals surface area contributed by atoms with Crippen molar-refractivity contribution < 1.29 is 23.9 Å². The van der Waals surface area contributed by atoms with Gasteiger partial charge in [-0.05, 0) is 61.7 Å². The number of hydrogen-bond donors (Lipinski definition) is 1. The van der Waals surface area contributed by atoms with Crippen LogP contribution >= 0.6 is 27.5 Å². The van der Waals surface area contributed by atoms with Crippen LogP contribution in [0.15, 0.2) is 40.4 Å². The number of nitrogens with one attached hydrogen (secondary N) is 1. The minimum Gasteiger partial charge on any atom is -0.490 e. The van der Waals surface area contributed by atoms with Gasteiger partial charge >= 0.3 is 6.03 Å². The molecule has 4 amide bonds. The number of hydrogen-bond acceptors (Lipinski definition) is 5. The smallest absolute Gasteiger partial charge is 0.335 e. The van der Waals surface area contributed by atoms with E-state index in [1.54, 1.807) is 37.3 Å². The zero-order valence-corrected chi connectivity index (χ0v) is 20.2. The maximum absolute atomic E-state index is 13.2. The van der Waals surface area contributed by atoms with Crippen LogP contribution in [0.1, 0.15) is 31.4 Å². The van der Waals surface area contributed by atoms with E-state index < -0.39 is 17.8 Å². The Morgan fingerprint density at radius 3 is 2.53 bits per heavy atom. The van der Waals surface area contributed by atoms with Gasteiger partial charge in [0.25, 0.3) is 11.8 Å². The van der Waals surface area contributed by atoms with Crippen LogP contribution in [-0.4, -0.2) is 31.1 Å². The third-order valence-electron chi connectivity index (χ3n) is 4.71. The molecule has 9 heteroatoms. The fourth-order valence-corrected chi connectivity index (χ4v) is 3.73. The number of urea groups is 1. The molecule has 1 aliphatic rings. The Morgan fingerprint density at radius 2 is 1.84 bits per heavy atom. The Morgan fingerprint density at radius 1 is 1.12 bits per heavy atom. The van der Waals surface area contributed by atoms with E-state index in [1.807, 2.05) is 13.8 Å². The molecule has 1 aliphatic heterocycles. The lowest BCUT2D eigenvalue weighted by Crippen LogP contribution is -2.54. The summed E-state index contributed by atoms with van der Waals surface area (Å²) in [4.78, 5) is 39.1. The van der Waals surface area contributed by atoms with Crippen LogP contribution in [0.4, 0.5) is 10.5 Å². The largest absolute Gasteiger partial charge is 0.490 e. The predicted octanol–water partition coefficient (Wildman–Crippen LogP) is 5.26. The average Bonchev–Trinajstić information content (AvgIpc) is 2.74. The normalized spacial score (nSPS) is 15.2. The molecule has 0 spiro atoms. The average molecular weight is 522 g/mol. The highest BCUT2D eigenvalue weighted by atomic mass is 79.9. The van der Waals surface area contributed by atoms with Crippen LogP contribution in [0.3, 0.4) is 0 Å². The van der Waals surface area contributed by atoms with Crippen LogP contribution < -0.4 is 19.7 Å². The molecule has 1 N–H and O–H groups in total. The highest BCUT2D eigenvalue weighted by molar-refractivity contribution is 9.10. The molecule has 0 aliphatic carbocycles. The van der Waals surface area contributed by atoms with E-state index in [0.29, 0.717) is 51.0 Å². The van der Waals surface area contributed by atoms with Crippen molar-refractivity contribution in [2.75, 3.05) is 18.1 Å². The lowest BCUT2D eigenvalue weighted by molar-refractivity contribution is -0.122. The molecule has 0 aromatic heterocycles. The van der Waals surface area contributed by atoms with Gasteiger partial charge in [0.2, 0.25) is 0 Å². The van der Waals surface area contributed by atoms with Crippen molar-refractivity contribution in [1.29, 1.82) is 0 Å². The van der Waals surface area contributed by atoms with Crippen LogP contribution in [-0.2, 0) is 9.59 Å². The van der Waals surface area contributed by atoms with Gasteiger partial charge in [-0.2, -0.15) is 0 Å². The van der Waals surface area contributed by atoms with Crippen molar-refractivity contribution in [3.05, 3.63) is 56.5 Å². The number of halogens is 2. The first-order valence-electron chi connectivity index (χ1n) is 10.0. The molecule has 2 aromatic carbocycles. The first-order valence-corrected chi connectivity index (χ1v) is 11.2. The van der Waals surface area contributed by atoms with Crippen molar-refractivity contribution in [3.63, 3.8) is 0 Å². The topological polar surface area (TPSA) is 84.9 Å². The molecule has 1 heterocycles. The van der Waals surface area contributed by atoms with Gasteiger partial charge in [-0.25, -0.2) is 9.69 Å². The molecular weight excluding hydrogens is 500 g/mol. The summed E-state index contributed by atoms with van der Waals surface area (Å²) in [5.74, 6) is -0.501. The molecule has 0 radical (unpaired) electrons. The van der Waals surface area contributed by atoms with E-state index in [2.05, 4.69) is 21.2 Å². The summed E-state index contributed by atoms with van der Waals surface area (Å²) in [7, 11) is 0. The number of carbonyl (C=O) groups excluding carboxylic acids is 3. The number of anilines is 1. The van der Waals surface area contributed by atoms with Gasteiger partial charge in [0.1, 0.15) is 5.57 Å². The van der Waals surface area contributed by atoms with Crippen LogP contribution in [0.5, 0.6) is 11.5 Å². The van der Waals surface area contributed by atoms with Crippen molar-refractivity contribution in [1.82, 2.24) is 5.32 Å². The van der Waals surface area contributed by atoms with E-state index in [-0.39, 0.29) is 5.57 Å². The maximum Gasteiger partial charge on any atom is 0.335 e. The zero-order valence-electron chi connectivity index (χ0n) is 17.8. The van der Waals surface area contributed by atoms with E-state index >= 15 is 0 Å².